The van der Waals surface area contributed by atoms with Crippen LogP contribution >= 0.6 is 22.7 Å². The normalized spacial score (nSPS) is 16.0. The van der Waals surface area contributed by atoms with Crippen molar-refractivity contribution in [1.82, 2.24) is 20.5 Å². The summed E-state index contributed by atoms with van der Waals surface area (Å²) in [5, 5.41) is 8.59. The summed E-state index contributed by atoms with van der Waals surface area (Å²) in [5.41, 5.74) is 4.52. The molecule has 0 bridgehead atoms. The molecule has 4 aromatic rings. The molecule has 2 amide bonds. The number of benzene rings is 1. The van der Waals surface area contributed by atoms with Crippen LogP contribution in [0.2, 0.25) is 0 Å². The first-order valence-corrected chi connectivity index (χ1v) is 15.6. The van der Waals surface area contributed by atoms with E-state index in [1.54, 1.807) is 4.90 Å². The molecule has 216 valence electrons. The van der Waals surface area contributed by atoms with E-state index in [9.17, 15) is 9.59 Å². The number of rotatable bonds is 10. The second-order valence-electron chi connectivity index (χ2n) is 11.0. The highest BCUT2D eigenvalue weighted by atomic mass is 32.1. The molecule has 9 nitrogen and oxygen atoms in total. The molecule has 1 N–H and O–H groups in total. The molecule has 1 aromatic carbocycles. The Morgan fingerprint density at radius 3 is 2.71 bits per heavy atom. The molecule has 0 saturated carbocycles. The van der Waals surface area contributed by atoms with Crippen LogP contribution in [0.3, 0.4) is 0 Å². The minimum atomic E-state index is -0.459. The predicted octanol–water partition coefficient (Wildman–Crippen LogP) is 6.26. The topological polar surface area (TPSA) is 101 Å². The molecule has 1 fully saturated rings. The average molecular weight is 594 g/mol. The molecule has 3 aromatic heterocycles. The van der Waals surface area contributed by atoms with Crippen LogP contribution in [0.1, 0.15) is 56.1 Å². The maximum atomic E-state index is 13.5. The van der Waals surface area contributed by atoms with Crippen molar-refractivity contribution in [1.29, 1.82) is 0 Å². The Kier molecular flexibility index (Phi) is 9.29. The number of anilines is 1. The zero-order chi connectivity index (χ0) is 28.8. The highest BCUT2D eigenvalue weighted by molar-refractivity contribution is 7.14. The van der Waals surface area contributed by atoms with Gasteiger partial charge in [-0.2, -0.15) is 0 Å². The standard InChI is InChI=1S/C30H35N5O4S2/c1-30(2,3)39-33-27(36)24-13-7-8-15-34(24)16-10-17-35(28(37)26-14-9-18-40-26)29-31-23(20-41-29)25-19-22(32-38-25)21-11-5-4-6-12-21/h4-6,9,11-12,14,18-20,24H,7-8,10,13,15-17H2,1-3H3,(H,33,36). The summed E-state index contributed by atoms with van der Waals surface area (Å²) in [7, 11) is 0. The first kappa shape index (κ1) is 29.1. The molecule has 1 aliphatic rings. The smallest absolute Gasteiger partial charge is 0.270 e. The predicted molar refractivity (Wildman–Crippen MR) is 162 cm³/mol. The van der Waals surface area contributed by atoms with Crippen LogP contribution in [0.4, 0.5) is 5.13 Å². The average Bonchev–Trinajstić information content (AvgIpc) is 3.76. The lowest BCUT2D eigenvalue weighted by Crippen LogP contribution is -2.51. The summed E-state index contributed by atoms with van der Waals surface area (Å²) in [6, 6.07) is 15.1. The number of hydrogen-bond donors (Lipinski definition) is 1. The Hall–Kier alpha value is -3.38. The third-order valence-electron chi connectivity index (χ3n) is 6.73. The summed E-state index contributed by atoms with van der Waals surface area (Å²) < 4.78 is 5.60. The van der Waals surface area contributed by atoms with Crippen LogP contribution in [-0.2, 0) is 9.63 Å². The number of amides is 2. The van der Waals surface area contributed by atoms with E-state index >= 15 is 0 Å². The van der Waals surface area contributed by atoms with Crippen molar-refractivity contribution in [3.8, 4) is 22.7 Å². The first-order valence-electron chi connectivity index (χ1n) is 13.8. The van der Waals surface area contributed by atoms with E-state index in [0.717, 1.165) is 37.1 Å². The molecule has 1 unspecified atom stereocenters. The van der Waals surface area contributed by atoms with Gasteiger partial charge in [-0.05, 0) is 58.0 Å². The highest BCUT2D eigenvalue weighted by Gasteiger charge is 2.30. The van der Waals surface area contributed by atoms with E-state index in [0.29, 0.717) is 41.0 Å². The monoisotopic (exact) mass is 593 g/mol. The van der Waals surface area contributed by atoms with Crippen molar-refractivity contribution in [2.75, 3.05) is 24.5 Å². The largest absolute Gasteiger partial charge is 0.354 e. The van der Waals surface area contributed by atoms with E-state index in [4.69, 9.17) is 14.3 Å². The van der Waals surface area contributed by atoms with Crippen molar-refractivity contribution in [2.24, 2.45) is 0 Å². The minimum Gasteiger partial charge on any atom is -0.354 e. The zero-order valence-electron chi connectivity index (χ0n) is 23.5. The maximum absolute atomic E-state index is 13.5. The quantitative estimate of drug-likeness (QED) is 0.217. The number of thiazole rings is 1. The van der Waals surface area contributed by atoms with Crippen molar-refractivity contribution in [3.05, 3.63) is 64.2 Å². The SMILES string of the molecule is CC(C)(C)ONC(=O)C1CCCCN1CCCN(C(=O)c1cccs1)c1nc(-c2cc(-c3ccccc3)no2)cs1. The first-order chi connectivity index (χ1) is 19.8. The number of nitrogens with zero attached hydrogens (tertiary/aromatic N) is 4. The third kappa shape index (κ3) is 7.48. The van der Waals surface area contributed by atoms with E-state index in [1.807, 2.05) is 80.1 Å². The molecule has 1 atom stereocenters. The number of carbonyl (C=O) groups excluding carboxylic acids is 2. The summed E-state index contributed by atoms with van der Waals surface area (Å²) in [4.78, 5) is 41.3. The van der Waals surface area contributed by atoms with Gasteiger partial charge in [0.25, 0.3) is 11.8 Å². The van der Waals surface area contributed by atoms with Crippen LogP contribution in [0.15, 0.2) is 63.8 Å². The lowest BCUT2D eigenvalue weighted by Gasteiger charge is -2.35. The van der Waals surface area contributed by atoms with E-state index in [2.05, 4.69) is 15.5 Å². The number of thiophene rings is 1. The fourth-order valence-electron chi connectivity index (χ4n) is 4.72. The van der Waals surface area contributed by atoms with Gasteiger partial charge in [0.1, 0.15) is 11.4 Å². The van der Waals surface area contributed by atoms with Gasteiger partial charge in [-0.25, -0.2) is 10.5 Å². The Balaban J connectivity index is 1.28. The van der Waals surface area contributed by atoms with Crippen molar-refractivity contribution < 1.29 is 18.9 Å². The van der Waals surface area contributed by atoms with E-state index < -0.39 is 5.60 Å². The Morgan fingerprint density at radius 2 is 1.95 bits per heavy atom. The molecule has 4 heterocycles. The van der Waals surface area contributed by atoms with Gasteiger partial charge in [-0.1, -0.05) is 48.0 Å². The van der Waals surface area contributed by atoms with Gasteiger partial charge >= 0.3 is 0 Å². The van der Waals surface area contributed by atoms with Crippen molar-refractivity contribution >= 4 is 39.6 Å². The fourth-order valence-corrected chi connectivity index (χ4v) is 6.23. The number of hydrogen-bond acceptors (Lipinski definition) is 9. The van der Waals surface area contributed by atoms with Crippen molar-refractivity contribution in [3.63, 3.8) is 0 Å². The second-order valence-corrected chi connectivity index (χ2v) is 12.8. The summed E-state index contributed by atoms with van der Waals surface area (Å²) in [5.74, 6) is 0.349. The molecule has 1 aliphatic heterocycles. The van der Waals surface area contributed by atoms with Crippen LogP contribution in [-0.4, -0.2) is 58.1 Å². The van der Waals surface area contributed by atoms with Gasteiger partial charge in [-0.3, -0.25) is 24.2 Å². The summed E-state index contributed by atoms with van der Waals surface area (Å²) in [6.45, 7) is 7.70. The van der Waals surface area contributed by atoms with Crippen LogP contribution in [0.25, 0.3) is 22.7 Å². The zero-order valence-corrected chi connectivity index (χ0v) is 25.2. The number of likely N-dealkylation sites (tertiary alicyclic amines) is 1. The molecule has 5 rings (SSSR count). The lowest BCUT2D eigenvalue weighted by molar-refractivity contribution is -0.152. The maximum Gasteiger partial charge on any atom is 0.270 e. The second kappa shape index (κ2) is 13.1. The fraction of sp³-hybridized carbons (Fsp3) is 0.400. The Bertz CT molecular complexity index is 1430. The molecule has 11 heteroatoms. The number of aromatic nitrogens is 2. The molecular formula is C30H35N5O4S2. The van der Waals surface area contributed by atoms with Gasteiger partial charge in [0.05, 0.1) is 16.5 Å². The Labute approximate surface area is 248 Å². The number of carbonyl (C=O) groups is 2. The minimum absolute atomic E-state index is 0.0880. The molecule has 1 saturated heterocycles. The van der Waals surface area contributed by atoms with E-state index in [-0.39, 0.29) is 17.9 Å². The van der Waals surface area contributed by atoms with Gasteiger partial charge in [-0.15, -0.1) is 22.7 Å². The lowest BCUT2D eigenvalue weighted by atomic mass is 10.0. The number of nitrogens with one attached hydrogen (secondary N) is 1. The van der Waals surface area contributed by atoms with Gasteiger partial charge in [0.2, 0.25) is 0 Å². The van der Waals surface area contributed by atoms with Crippen molar-refractivity contribution in [2.45, 2.75) is 58.1 Å². The summed E-state index contributed by atoms with van der Waals surface area (Å²) in [6.07, 6.45) is 3.52. The number of piperidine rings is 1. The third-order valence-corrected chi connectivity index (χ3v) is 8.45. The molecule has 0 spiro atoms. The van der Waals surface area contributed by atoms with Crippen LogP contribution in [0, 0.1) is 0 Å². The highest BCUT2D eigenvalue weighted by Crippen LogP contribution is 2.31. The summed E-state index contributed by atoms with van der Waals surface area (Å²) >= 11 is 2.81. The van der Waals surface area contributed by atoms with Gasteiger partial charge in [0.15, 0.2) is 10.9 Å². The van der Waals surface area contributed by atoms with Crippen LogP contribution < -0.4 is 10.4 Å². The van der Waals surface area contributed by atoms with Gasteiger partial charge in [0, 0.05) is 30.1 Å². The van der Waals surface area contributed by atoms with Crippen LogP contribution in [0.5, 0.6) is 0 Å². The molecule has 41 heavy (non-hydrogen) atoms. The molecule has 0 aliphatic carbocycles. The number of hydroxylamine groups is 1. The van der Waals surface area contributed by atoms with Gasteiger partial charge < -0.3 is 4.52 Å². The molecular weight excluding hydrogens is 558 g/mol. The molecule has 0 radical (unpaired) electrons. The Morgan fingerprint density at radius 1 is 1.12 bits per heavy atom. The van der Waals surface area contributed by atoms with E-state index in [1.165, 1.54) is 22.7 Å².